The lowest BCUT2D eigenvalue weighted by molar-refractivity contribution is -0.144. The molecule has 0 atom stereocenters. The topological polar surface area (TPSA) is 75.4 Å². The van der Waals surface area contributed by atoms with Crippen LogP contribution in [0.5, 0.6) is 0 Å². The first kappa shape index (κ1) is 13.6. The third kappa shape index (κ3) is 2.77. The molecule has 0 unspecified atom stereocenters. The molecule has 19 heavy (non-hydrogen) atoms. The van der Waals surface area contributed by atoms with Crippen LogP contribution in [-0.4, -0.2) is 44.8 Å². The Bertz CT molecular complexity index is 515. The summed E-state index contributed by atoms with van der Waals surface area (Å²) in [5.41, 5.74) is 2.87. The number of hydrogen-bond donors (Lipinski definition) is 1. The zero-order chi connectivity index (χ0) is 14.2. The summed E-state index contributed by atoms with van der Waals surface area (Å²) in [5, 5.41) is 13.0. The highest BCUT2D eigenvalue weighted by atomic mass is 16.4. The van der Waals surface area contributed by atoms with Crippen LogP contribution in [0.25, 0.3) is 0 Å². The van der Waals surface area contributed by atoms with E-state index in [9.17, 15) is 9.59 Å². The molecule has 1 aromatic rings. The Labute approximate surface area is 112 Å². The van der Waals surface area contributed by atoms with Crippen LogP contribution in [0.15, 0.2) is 0 Å². The number of rotatable bonds is 4. The van der Waals surface area contributed by atoms with Crippen molar-refractivity contribution in [3.05, 3.63) is 17.0 Å². The van der Waals surface area contributed by atoms with Crippen molar-refractivity contribution >= 4 is 11.9 Å². The van der Waals surface area contributed by atoms with Gasteiger partial charge in [0.15, 0.2) is 0 Å². The van der Waals surface area contributed by atoms with Crippen molar-refractivity contribution in [3.8, 4) is 0 Å². The zero-order valence-corrected chi connectivity index (χ0v) is 11.5. The molecule has 1 fully saturated rings. The van der Waals surface area contributed by atoms with Gasteiger partial charge in [0.05, 0.1) is 18.5 Å². The van der Waals surface area contributed by atoms with Gasteiger partial charge in [-0.15, -0.1) is 0 Å². The predicted octanol–water partition coefficient (Wildman–Crippen LogP) is 0.513. The van der Waals surface area contributed by atoms with E-state index in [1.165, 1.54) is 0 Å². The average molecular weight is 265 g/mol. The van der Waals surface area contributed by atoms with E-state index >= 15 is 0 Å². The summed E-state index contributed by atoms with van der Waals surface area (Å²) < 4.78 is 1.78. The Morgan fingerprint density at radius 1 is 1.37 bits per heavy atom. The summed E-state index contributed by atoms with van der Waals surface area (Å²) in [6.07, 6.45) is 0.500. The van der Waals surface area contributed by atoms with Crippen molar-refractivity contribution in [2.45, 2.75) is 26.7 Å². The largest absolute Gasteiger partial charge is 0.481 e. The Morgan fingerprint density at radius 3 is 2.47 bits per heavy atom. The van der Waals surface area contributed by atoms with Gasteiger partial charge in [0.2, 0.25) is 5.91 Å². The average Bonchev–Trinajstić information content (AvgIpc) is 2.49. The summed E-state index contributed by atoms with van der Waals surface area (Å²) in [6, 6.07) is 0. The number of carbonyl (C=O) groups excluding carboxylic acids is 1. The highest BCUT2D eigenvalue weighted by Gasteiger charge is 2.32. The van der Waals surface area contributed by atoms with Gasteiger partial charge in [-0.3, -0.25) is 14.3 Å². The summed E-state index contributed by atoms with van der Waals surface area (Å²) in [4.78, 5) is 24.4. The molecule has 1 aliphatic heterocycles. The number of nitrogens with zero attached hydrogens (tertiary/aromatic N) is 3. The quantitative estimate of drug-likeness (QED) is 0.860. The highest BCUT2D eigenvalue weighted by Crippen LogP contribution is 2.21. The fourth-order valence-corrected chi connectivity index (χ4v) is 2.49. The van der Waals surface area contributed by atoms with E-state index in [2.05, 4.69) is 5.10 Å². The molecule has 2 rings (SSSR count). The van der Waals surface area contributed by atoms with Gasteiger partial charge in [0, 0.05) is 37.3 Å². The van der Waals surface area contributed by atoms with E-state index in [1.807, 2.05) is 20.9 Å². The first-order chi connectivity index (χ1) is 8.88. The van der Waals surface area contributed by atoms with Crippen LogP contribution in [0.3, 0.4) is 0 Å². The number of carbonyl (C=O) groups is 2. The Kier molecular flexibility index (Phi) is 3.59. The summed E-state index contributed by atoms with van der Waals surface area (Å²) in [6.45, 7) is 4.97. The van der Waals surface area contributed by atoms with E-state index in [1.54, 1.807) is 9.58 Å². The lowest BCUT2D eigenvalue weighted by Gasteiger charge is -2.38. The minimum atomic E-state index is -0.795. The number of aryl methyl sites for hydroxylation is 2. The summed E-state index contributed by atoms with van der Waals surface area (Å²) in [5.74, 6) is -0.630. The van der Waals surface area contributed by atoms with Crippen LogP contribution in [0, 0.1) is 19.8 Å². The third-order valence-corrected chi connectivity index (χ3v) is 3.76. The Balaban J connectivity index is 1.91. The normalized spacial score (nSPS) is 15.4. The third-order valence-electron chi connectivity index (χ3n) is 3.76. The van der Waals surface area contributed by atoms with Crippen LogP contribution < -0.4 is 0 Å². The van der Waals surface area contributed by atoms with Crippen molar-refractivity contribution in [1.29, 1.82) is 0 Å². The van der Waals surface area contributed by atoms with Crippen molar-refractivity contribution in [2.24, 2.45) is 13.0 Å². The van der Waals surface area contributed by atoms with Crippen LogP contribution in [0.1, 0.15) is 23.4 Å². The smallest absolute Gasteiger partial charge is 0.303 e. The van der Waals surface area contributed by atoms with Gasteiger partial charge in [0.1, 0.15) is 0 Å². The van der Waals surface area contributed by atoms with E-state index < -0.39 is 5.97 Å². The second-order valence-electron chi connectivity index (χ2n) is 5.21. The van der Waals surface area contributed by atoms with Gasteiger partial charge in [-0.1, -0.05) is 0 Å². The van der Waals surface area contributed by atoms with Gasteiger partial charge in [-0.2, -0.15) is 5.10 Å². The van der Waals surface area contributed by atoms with Crippen LogP contribution in [0.4, 0.5) is 0 Å². The van der Waals surface area contributed by atoms with Gasteiger partial charge in [0.25, 0.3) is 0 Å². The lowest BCUT2D eigenvalue weighted by Crippen LogP contribution is -2.51. The minimum Gasteiger partial charge on any atom is -0.481 e. The second kappa shape index (κ2) is 5.03. The number of amides is 1. The second-order valence-corrected chi connectivity index (χ2v) is 5.21. The van der Waals surface area contributed by atoms with Gasteiger partial charge < -0.3 is 10.0 Å². The Morgan fingerprint density at radius 2 is 2.00 bits per heavy atom. The number of aliphatic carboxylic acids is 1. The summed E-state index contributed by atoms with van der Waals surface area (Å²) >= 11 is 0. The fraction of sp³-hybridized carbons (Fsp3) is 0.615. The van der Waals surface area contributed by atoms with E-state index in [0.29, 0.717) is 19.5 Å². The molecule has 1 saturated heterocycles. The van der Waals surface area contributed by atoms with Gasteiger partial charge in [-0.25, -0.2) is 0 Å². The van der Waals surface area contributed by atoms with Crippen molar-refractivity contribution < 1.29 is 14.7 Å². The highest BCUT2D eigenvalue weighted by molar-refractivity contribution is 5.80. The molecule has 0 spiro atoms. The molecule has 1 amide bonds. The fourth-order valence-electron chi connectivity index (χ4n) is 2.49. The van der Waals surface area contributed by atoms with Crippen LogP contribution in [0.2, 0.25) is 0 Å². The summed E-state index contributed by atoms with van der Waals surface area (Å²) in [7, 11) is 1.86. The minimum absolute atomic E-state index is 0.0563. The molecule has 0 saturated carbocycles. The van der Waals surface area contributed by atoms with E-state index in [0.717, 1.165) is 17.0 Å². The van der Waals surface area contributed by atoms with Gasteiger partial charge >= 0.3 is 5.97 Å². The number of hydrogen-bond acceptors (Lipinski definition) is 3. The molecule has 1 aliphatic rings. The number of carboxylic acid groups (broad SMARTS) is 1. The van der Waals surface area contributed by atoms with Gasteiger partial charge in [-0.05, 0) is 13.8 Å². The maximum Gasteiger partial charge on any atom is 0.303 e. The van der Waals surface area contributed by atoms with Crippen LogP contribution in [-0.2, 0) is 23.1 Å². The maximum atomic E-state index is 12.1. The zero-order valence-electron chi connectivity index (χ0n) is 11.5. The first-order valence-electron chi connectivity index (χ1n) is 6.37. The number of aromatic nitrogens is 2. The molecular weight excluding hydrogens is 246 g/mol. The molecule has 0 aromatic carbocycles. The molecule has 1 N–H and O–H groups in total. The number of carboxylic acids is 1. The molecule has 0 aliphatic carbocycles. The van der Waals surface area contributed by atoms with Crippen molar-refractivity contribution in [1.82, 2.24) is 14.7 Å². The number of likely N-dealkylation sites (tertiary alicyclic amines) is 1. The molecule has 104 valence electrons. The monoisotopic (exact) mass is 265 g/mol. The molecule has 0 bridgehead atoms. The van der Waals surface area contributed by atoms with Crippen LogP contribution >= 0.6 is 0 Å². The first-order valence-corrected chi connectivity index (χ1v) is 6.37. The van der Waals surface area contributed by atoms with E-state index in [4.69, 9.17) is 5.11 Å². The van der Waals surface area contributed by atoms with Crippen molar-refractivity contribution in [2.75, 3.05) is 13.1 Å². The van der Waals surface area contributed by atoms with E-state index in [-0.39, 0.29) is 18.2 Å². The lowest BCUT2D eigenvalue weighted by atomic mass is 9.95. The molecule has 1 aromatic heterocycles. The Hall–Kier alpha value is -1.85. The molecule has 6 nitrogen and oxygen atoms in total. The maximum absolute atomic E-state index is 12.1. The molecule has 0 radical (unpaired) electrons. The predicted molar refractivity (Wildman–Crippen MR) is 68.7 cm³/mol. The standard InChI is InChI=1S/C13H19N3O3/c1-8-11(9(2)15(3)14-8)5-12(17)16-6-10(7-16)4-13(18)19/h10H,4-7H2,1-3H3,(H,18,19). The van der Waals surface area contributed by atoms with Crippen molar-refractivity contribution in [3.63, 3.8) is 0 Å². The molecule has 6 heteroatoms. The SMILES string of the molecule is Cc1nn(C)c(C)c1CC(=O)N1CC(CC(=O)O)C1. The molecule has 2 heterocycles. The molecular formula is C13H19N3O3.